The maximum atomic E-state index is 10.9. The normalized spacial score (nSPS) is 14.5. The van der Waals surface area contributed by atoms with E-state index in [2.05, 4.69) is 6.92 Å². The number of thioether (sulfide) groups is 1. The first kappa shape index (κ1) is 29.9. The van der Waals surface area contributed by atoms with E-state index in [1.54, 1.807) is 0 Å². The van der Waals surface area contributed by atoms with Gasteiger partial charge in [-0.1, -0.05) is 89.7 Å². The van der Waals surface area contributed by atoms with Gasteiger partial charge >= 0.3 is 11.9 Å². The third kappa shape index (κ3) is 19.4. The standard InChI is InChI=1S/C24H45NO5S/c1-2-3-4-5-6-7-8-9-10-11-12-13-14-15-16-22(21(26)17-18-23(27)28)31-19-20(25)24(29)30/h15-16,20-22,26H,2-14,17-19,25H2,1H3,(H,27,28)(H,29,30). The summed E-state index contributed by atoms with van der Waals surface area (Å²) in [6.45, 7) is 2.25. The Hall–Kier alpha value is -1.05. The van der Waals surface area contributed by atoms with E-state index in [-0.39, 0.29) is 23.8 Å². The zero-order chi connectivity index (χ0) is 23.3. The highest BCUT2D eigenvalue weighted by molar-refractivity contribution is 8.00. The van der Waals surface area contributed by atoms with Gasteiger partial charge in [-0.25, -0.2) is 0 Å². The van der Waals surface area contributed by atoms with Crippen LogP contribution in [0.1, 0.15) is 103 Å². The average Bonchev–Trinajstić information content (AvgIpc) is 2.73. The third-order valence-corrected chi connectivity index (χ3v) is 6.78. The SMILES string of the molecule is CCCCCCCCCCCCCCC=CC(SCC(N)C(=O)O)C(O)CCC(=O)O. The van der Waals surface area contributed by atoms with Gasteiger partial charge < -0.3 is 21.1 Å². The van der Waals surface area contributed by atoms with Gasteiger partial charge in [0.1, 0.15) is 6.04 Å². The highest BCUT2D eigenvalue weighted by Gasteiger charge is 2.21. The molecule has 0 amide bonds. The van der Waals surface area contributed by atoms with Crippen LogP contribution in [0.3, 0.4) is 0 Å². The fourth-order valence-electron chi connectivity index (χ4n) is 3.35. The number of nitrogens with two attached hydrogens (primary N) is 1. The van der Waals surface area contributed by atoms with Gasteiger partial charge in [0.2, 0.25) is 0 Å². The monoisotopic (exact) mass is 459 g/mol. The van der Waals surface area contributed by atoms with Crippen LogP contribution in [0.4, 0.5) is 0 Å². The van der Waals surface area contributed by atoms with E-state index in [0.717, 1.165) is 12.8 Å². The Balaban J connectivity index is 3.98. The summed E-state index contributed by atoms with van der Waals surface area (Å²) in [6.07, 6.45) is 19.6. The number of carbonyl (C=O) groups is 2. The Morgan fingerprint density at radius 3 is 1.90 bits per heavy atom. The molecule has 0 aliphatic carbocycles. The average molecular weight is 460 g/mol. The number of aliphatic hydroxyl groups is 1. The van der Waals surface area contributed by atoms with Crippen molar-refractivity contribution in [1.82, 2.24) is 0 Å². The minimum atomic E-state index is -1.08. The van der Waals surface area contributed by atoms with Crippen molar-refractivity contribution < 1.29 is 24.9 Å². The quantitative estimate of drug-likeness (QED) is 0.127. The van der Waals surface area contributed by atoms with Gasteiger partial charge in [-0.15, -0.1) is 11.8 Å². The van der Waals surface area contributed by atoms with Crippen molar-refractivity contribution in [3.8, 4) is 0 Å². The maximum absolute atomic E-state index is 10.9. The minimum absolute atomic E-state index is 0.115. The number of allylic oxidation sites excluding steroid dienone is 1. The van der Waals surface area contributed by atoms with Gasteiger partial charge in [0, 0.05) is 17.4 Å². The molecule has 0 bridgehead atoms. The number of rotatable bonds is 22. The first-order chi connectivity index (χ1) is 14.9. The van der Waals surface area contributed by atoms with Gasteiger partial charge in [-0.2, -0.15) is 0 Å². The van der Waals surface area contributed by atoms with Crippen LogP contribution in [0.15, 0.2) is 12.2 Å². The van der Waals surface area contributed by atoms with Gasteiger partial charge in [0.25, 0.3) is 0 Å². The van der Waals surface area contributed by atoms with Crippen molar-refractivity contribution in [2.75, 3.05) is 5.75 Å². The summed E-state index contributed by atoms with van der Waals surface area (Å²) in [7, 11) is 0. The minimum Gasteiger partial charge on any atom is -0.481 e. The lowest BCUT2D eigenvalue weighted by Gasteiger charge is -2.20. The first-order valence-electron chi connectivity index (χ1n) is 12.0. The van der Waals surface area contributed by atoms with Gasteiger partial charge in [0.15, 0.2) is 0 Å². The molecule has 0 aliphatic rings. The van der Waals surface area contributed by atoms with Crippen LogP contribution in [0.2, 0.25) is 0 Å². The topological polar surface area (TPSA) is 121 Å². The number of hydrogen-bond donors (Lipinski definition) is 4. The Labute approximate surface area is 193 Å². The van der Waals surface area contributed by atoms with Gasteiger partial charge in [0.05, 0.1) is 6.10 Å². The molecule has 5 N–H and O–H groups in total. The fraction of sp³-hybridized carbons (Fsp3) is 0.833. The number of carboxylic acid groups (broad SMARTS) is 2. The van der Waals surface area contributed by atoms with Crippen molar-refractivity contribution in [2.45, 2.75) is 121 Å². The lowest BCUT2D eigenvalue weighted by atomic mass is 10.0. The molecule has 0 aromatic heterocycles. The zero-order valence-corrected chi connectivity index (χ0v) is 20.2. The van der Waals surface area contributed by atoms with Crippen LogP contribution >= 0.6 is 11.8 Å². The smallest absolute Gasteiger partial charge is 0.321 e. The number of unbranched alkanes of at least 4 members (excludes halogenated alkanes) is 12. The van der Waals surface area contributed by atoms with Crippen LogP contribution in [0.25, 0.3) is 0 Å². The van der Waals surface area contributed by atoms with Crippen LogP contribution in [-0.2, 0) is 9.59 Å². The third-order valence-electron chi connectivity index (χ3n) is 5.37. The number of aliphatic carboxylic acids is 2. The molecule has 31 heavy (non-hydrogen) atoms. The van der Waals surface area contributed by atoms with Crippen molar-refractivity contribution in [2.24, 2.45) is 5.73 Å². The molecule has 6 nitrogen and oxygen atoms in total. The second-order valence-corrected chi connectivity index (χ2v) is 9.56. The van der Waals surface area contributed by atoms with E-state index < -0.39 is 24.1 Å². The van der Waals surface area contributed by atoms with Crippen LogP contribution < -0.4 is 5.73 Å². The second-order valence-electron chi connectivity index (χ2n) is 8.35. The summed E-state index contributed by atoms with van der Waals surface area (Å²) >= 11 is 1.27. The van der Waals surface area contributed by atoms with Crippen LogP contribution in [0.5, 0.6) is 0 Å². The Kier molecular flexibility index (Phi) is 20.1. The Morgan fingerprint density at radius 1 is 0.903 bits per heavy atom. The van der Waals surface area contributed by atoms with Crippen molar-refractivity contribution in [1.29, 1.82) is 0 Å². The number of carboxylic acids is 2. The van der Waals surface area contributed by atoms with Crippen molar-refractivity contribution >= 4 is 23.7 Å². The van der Waals surface area contributed by atoms with E-state index in [0.29, 0.717) is 0 Å². The first-order valence-corrected chi connectivity index (χ1v) is 13.1. The summed E-state index contributed by atoms with van der Waals surface area (Å²) in [6, 6.07) is -0.996. The predicted molar refractivity (Wildman–Crippen MR) is 130 cm³/mol. The largest absolute Gasteiger partial charge is 0.481 e. The van der Waals surface area contributed by atoms with E-state index in [9.17, 15) is 14.7 Å². The summed E-state index contributed by atoms with van der Waals surface area (Å²) in [5, 5.41) is 27.7. The lowest BCUT2D eigenvalue weighted by Crippen LogP contribution is -2.34. The highest BCUT2D eigenvalue weighted by Crippen LogP contribution is 2.21. The molecule has 0 aliphatic heterocycles. The summed E-state index contributed by atoms with van der Waals surface area (Å²) in [5.74, 6) is -1.86. The Morgan fingerprint density at radius 2 is 1.42 bits per heavy atom. The van der Waals surface area contributed by atoms with E-state index in [1.165, 1.54) is 82.4 Å². The summed E-state index contributed by atoms with van der Waals surface area (Å²) < 4.78 is 0. The molecule has 0 saturated heterocycles. The van der Waals surface area contributed by atoms with Crippen molar-refractivity contribution in [3.63, 3.8) is 0 Å². The molecule has 0 fully saturated rings. The number of aliphatic hydroxyl groups excluding tert-OH is 1. The summed E-state index contributed by atoms with van der Waals surface area (Å²) in [4.78, 5) is 21.6. The highest BCUT2D eigenvalue weighted by atomic mass is 32.2. The van der Waals surface area contributed by atoms with Crippen molar-refractivity contribution in [3.05, 3.63) is 12.2 Å². The van der Waals surface area contributed by atoms with E-state index >= 15 is 0 Å². The molecule has 0 saturated carbocycles. The molecule has 0 heterocycles. The van der Waals surface area contributed by atoms with Gasteiger partial charge in [-0.3, -0.25) is 9.59 Å². The van der Waals surface area contributed by atoms with E-state index in [4.69, 9.17) is 15.9 Å². The fourth-order valence-corrected chi connectivity index (χ4v) is 4.50. The molecule has 0 aromatic carbocycles. The molecule has 3 atom stereocenters. The van der Waals surface area contributed by atoms with Crippen LogP contribution in [-0.4, -0.2) is 50.4 Å². The molecule has 3 unspecified atom stereocenters. The molecule has 0 radical (unpaired) electrons. The molecule has 182 valence electrons. The zero-order valence-electron chi connectivity index (χ0n) is 19.3. The molecule has 0 spiro atoms. The lowest BCUT2D eigenvalue weighted by molar-refractivity contribution is -0.138. The molecular formula is C24H45NO5S. The summed E-state index contributed by atoms with van der Waals surface area (Å²) in [5.41, 5.74) is 5.55. The number of hydrogen-bond acceptors (Lipinski definition) is 5. The predicted octanol–water partition coefficient (Wildman–Crippen LogP) is 5.37. The maximum Gasteiger partial charge on any atom is 0.321 e. The molecule has 0 rings (SSSR count). The molecular weight excluding hydrogens is 414 g/mol. The van der Waals surface area contributed by atoms with Gasteiger partial charge in [-0.05, 0) is 19.3 Å². The van der Waals surface area contributed by atoms with Crippen LogP contribution in [0, 0.1) is 0 Å². The second kappa shape index (κ2) is 20.8. The Bertz CT molecular complexity index is 487. The molecule has 7 heteroatoms. The molecule has 0 aromatic rings. The van der Waals surface area contributed by atoms with E-state index in [1.807, 2.05) is 12.2 Å².